The number of hydrogen-bond donors (Lipinski definition) is 2. The molecule has 0 spiro atoms. The molecule has 2 aliphatic heterocycles. The minimum absolute atomic E-state index is 0.178. The highest BCUT2D eigenvalue weighted by atomic mass is 16.5. The van der Waals surface area contributed by atoms with Crippen molar-refractivity contribution in [2.75, 3.05) is 41.5 Å². The molecule has 2 atom stereocenters. The van der Waals surface area contributed by atoms with Crippen LogP contribution in [0.1, 0.15) is 17.0 Å². The lowest BCUT2D eigenvalue weighted by Crippen LogP contribution is -2.59. The van der Waals surface area contributed by atoms with Crippen LogP contribution < -0.4 is 19.5 Å². The van der Waals surface area contributed by atoms with Gasteiger partial charge in [-0.1, -0.05) is 0 Å². The van der Waals surface area contributed by atoms with Gasteiger partial charge in [0.25, 0.3) is 0 Å². The van der Waals surface area contributed by atoms with Gasteiger partial charge >= 0.3 is 5.97 Å². The van der Waals surface area contributed by atoms with Gasteiger partial charge < -0.3 is 24.2 Å². The van der Waals surface area contributed by atoms with Gasteiger partial charge in [0.05, 0.1) is 21.3 Å². The molecule has 2 heterocycles. The maximum Gasteiger partial charge on any atom is 0.325 e. The number of likely N-dealkylation sites (tertiary alicyclic amines) is 1. The number of nitrogens with zero attached hydrogens (tertiary/aromatic N) is 1. The first kappa shape index (κ1) is 15.9. The second-order valence-electron chi connectivity index (χ2n) is 6.09. The van der Waals surface area contributed by atoms with Gasteiger partial charge in [0.1, 0.15) is 5.54 Å². The Bertz CT molecular complexity index is 648. The standard InChI is InChI=1S/C16H22N2O5/c1-18-7-11-9-5-12(21-2)14(23-4)13(22-3)10(9)6-17-16(11,8-18)15(19)20/h5,11,17H,6-8H2,1-4H3,(H,19,20)/t11-,16-/m0/s1. The molecule has 0 saturated carbocycles. The van der Waals surface area contributed by atoms with Crippen molar-refractivity contribution in [1.29, 1.82) is 0 Å². The van der Waals surface area contributed by atoms with Crippen molar-refractivity contribution >= 4 is 5.97 Å². The molecule has 1 saturated heterocycles. The molecule has 0 aromatic heterocycles. The molecule has 0 bridgehead atoms. The van der Waals surface area contributed by atoms with Crippen molar-refractivity contribution in [3.05, 3.63) is 17.2 Å². The van der Waals surface area contributed by atoms with Crippen molar-refractivity contribution in [3.8, 4) is 17.2 Å². The Labute approximate surface area is 135 Å². The van der Waals surface area contributed by atoms with Crippen molar-refractivity contribution in [3.63, 3.8) is 0 Å². The summed E-state index contributed by atoms with van der Waals surface area (Å²) < 4.78 is 16.4. The number of rotatable bonds is 4. The molecule has 1 fully saturated rings. The summed E-state index contributed by atoms with van der Waals surface area (Å²) in [6, 6.07) is 1.89. The number of fused-ring (bicyclic) bond motifs is 3. The van der Waals surface area contributed by atoms with Gasteiger partial charge in [0, 0.05) is 31.1 Å². The Morgan fingerprint density at radius 1 is 1.30 bits per heavy atom. The molecule has 23 heavy (non-hydrogen) atoms. The van der Waals surface area contributed by atoms with Crippen LogP contribution in [0.5, 0.6) is 17.2 Å². The summed E-state index contributed by atoms with van der Waals surface area (Å²) in [7, 11) is 6.64. The monoisotopic (exact) mass is 322 g/mol. The third kappa shape index (κ3) is 2.14. The van der Waals surface area contributed by atoms with Crippen LogP contribution in [0.4, 0.5) is 0 Å². The number of nitrogens with one attached hydrogen (secondary N) is 1. The van der Waals surface area contributed by atoms with E-state index in [9.17, 15) is 9.90 Å². The van der Waals surface area contributed by atoms with E-state index in [2.05, 4.69) is 5.32 Å². The first-order valence-electron chi connectivity index (χ1n) is 7.47. The van der Waals surface area contributed by atoms with Crippen LogP contribution in [-0.4, -0.2) is 63.0 Å². The lowest BCUT2D eigenvalue weighted by molar-refractivity contribution is -0.145. The zero-order valence-electron chi connectivity index (χ0n) is 13.8. The van der Waals surface area contributed by atoms with Crippen LogP contribution in [0.2, 0.25) is 0 Å². The van der Waals surface area contributed by atoms with Crippen molar-refractivity contribution in [2.45, 2.75) is 18.0 Å². The van der Waals surface area contributed by atoms with Gasteiger partial charge in [0.15, 0.2) is 11.5 Å². The van der Waals surface area contributed by atoms with E-state index in [1.54, 1.807) is 21.3 Å². The number of benzene rings is 1. The zero-order chi connectivity index (χ0) is 16.8. The molecule has 1 aromatic carbocycles. The Morgan fingerprint density at radius 3 is 2.57 bits per heavy atom. The molecule has 0 amide bonds. The number of carbonyl (C=O) groups is 1. The molecule has 2 N–H and O–H groups in total. The van der Waals surface area contributed by atoms with E-state index >= 15 is 0 Å². The summed E-state index contributed by atoms with van der Waals surface area (Å²) in [6.45, 7) is 1.53. The predicted molar refractivity (Wildman–Crippen MR) is 83.5 cm³/mol. The van der Waals surface area contributed by atoms with Crippen molar-refractivity contribution in [2.24, 2.45) is 0 Å². The smallest absolute Gasteiger partial charge is 0.325 e. The number of carboxylic acids is 1. The van der Waals surface area contributed by atoms with Gasteiger partial charge in [-0.2, -0.15) is 0 Å². The molecule has 7 nitrogen and oxygen atoms in total. The van der Waals surface area contributed by atoms with Gasteiger partial charge in [-0.25, -0.2) is 0 Å². The molecular weight excluding hydrogens is 300 g/mol. The highest BCUT2D eigenvalue weighted by molar-refractivity contribution is 5.83. The molecule has 3 rings (SSSR count). The number of aliphatic carboxylic acids is 1. The van der Waals surface area contributed by atoms with Gasteiger partial charge in [-0.15, -0.1) is 0 Å². The Kier molecular flexibility index (Phi) is 3.85. The maximum atomic E-state index is 12.0. The van der Waals surface area contributed by atoms with Crippen LogP contribution in [0.15, 0.2) is 6.07 Å². The van der Waals surface area contributed by atoms with Crippen LogP contribution in [-0.2, 0) is 11.3 Å². The fourth-order valence-corrected chi connectivity index (χ4v) is 3.88. The molecule has 0 radical (unpaired) electrons. The van der Waals surface area contributed by atoms with Gasteiger partial charge in [0.2, 0.25) is 5.75 Å². The van der Waals surface area contributed by atoms with Crippen LogP contribution in [0.25, 0.3) is 0 Å². The van der Waals surface area contributed by atoms with E-state index in [0.717, 1.165) is 11.1 Å². The van der Waals surface area contributed by atoms with Crippen LogP contribution in [0.3, 0.4) is 0 Å². The highest BCUT2D eigenvalue weighted by Crippen LogP contribution is 2.49. The highest BCUT2D eigenvalue weighted by Gasteiger charge is 2.55. The number of likely N-dealkylation sites (N-methyl/N-ethyl adjacent to an activating group) is 1. The SMILES string of the molecule is COc1cc2c(c(OC)c1OC)CN[C@@]1(C(=O)O)CN(C)C[C@@H]21. The third-order valence-corrected chi connectivity index (χ3v) is 4.91. The maximum absolute atomic E-state index is 12.0. The number of carboxylic acid groups (broad SMARTS) is 1. The average molecular weight is 322 g/mol. The summed E-state index contributed by atoms with van der Waals surface area (Å²) >= 11 is 0. The normalized spacial score (nSPS) is 26.3. The van der Waals surface area contributed by atoms with E-state index in [-0.39, 0.29) is 5.92 Å². The predicted octanol–water partition coefficient (Wildman–Crippen LogP) is 0.668. The quantitative estimate of drug-likeness (QED) is 0.843. The Morgan fingerprint density at radius 2 is 2.00 bits per heavy atom. The fourth-order valence-electron chi connectivity index (χ4n) is 3.88. The minimum Gasteiger partial charge on any atom is -0.493 e. The van der Waals surface area contributed by atoms with Gasteiger partial charge in [-0.3, -0.25) is 10.1 Å². The average Bonchev–Trinajstić information content (AvgIpc) is 2.90. The number of ether oxygens (including phenoxy) is 3. The first-order valence-corrected chi connectivity index (χ1v) is 7.47. The first-order chi connectivity index (χ1) is 11.0. The lowest BCUT2D eigenvalue weighted by atomic mass is 9.76. The molecular formula is C16H22N2O5. The van der Waals surface area contributed by atoms with Crippen LogP contribution >= 0.6 is 0 Å². The topological polar surface area (TPSA) is 80.3 Å². The summed E-state index contributed by atoms with van der Waals surface area (Å²) in [4.78, 5) is 14.0. The summed E-state index contributed by atoms with van der Waals surface area (Å²) in [5.41, 5.74) is 0.902. The van der Waals surface area contributed by atoms with E-state index in [1.807, 2.05) is 18.0 Å². The van der Waals surface area contributed by atoms with E-state index in [4.69, 9.17) is 14.2 Å². The second-order valence-corrected chi connectivity index (χ2v) is 6.09. The molecule has 2 aliphatic rings. The number of methoxy groups -OCH3 is 3. The summed E-state index contributed by atoms with van der Waals surface area (Å²) in [5.74, 6) is 0.681. The van der Waals surface area contributed by atoms with E-state index in [1.165, 1.54) is 0 Å². The second kappa shape index (κ2) is 5.58. The minimum atomic E-state index is -0.980. The largest absolute Gasteiger partial charge is 0.493 e. The Hall–Kier alpha value is -1.99. The number of hydrogen-bond acceptors (Lipinski definition) is 6. The Balaban J connectivity index is 2.21. The van der Waals surface area contributed by atoms with Gasteiger partial charge in [-0.05, 0) is 18.7 Å². The van der Waals surface area contributed by atoms with Crippen molar-refractivity contribution in [1.82, 2.24) is 10.2 Å². The molecule has 7 heteroatoms. The lowest BCUT2D eigenvalue weighted by Gasteiger charge is -2.38. The third-order valence-electron chi connectivity index (χ3n) is 4.91. The molecule has 1 aromatic rings. The molecule has 126 valence electrons. The van der Waals surface area contributed by atoms with Crippen molar-refractivity contribution < 1.29 is 24.1 Å². The van der Waals surface area contributed by atoms with E-state index in [0.29, 0.717) is 36.9 Å². The fraction of sp³-hybridized carbons (Fsp3) is 0.562. The van der Waals surface area contributed by atoms with E-state index < -0.39 is 11.5 Å². The summed E-state index contributed by atoms with van der Waals surface area (Å²) in [5, 5.41) is 13.0. The summed E-state index contributed by atoms with van der Waals surface area (Å²) in [6.07, 6.45) is 0. The zero-order valence-corrected chi connectivity index (χ0v) is 13.8. The molecule has 0 aliphatic carbocycles. The van der Waals surface area contributed by atoms with Crippen LogP contribution in [0, 0.1) is 0 Å². The molecule has 0 unspecified atom stereocenters.